The molecule has 0 spiro atoms. The lowest BCUT2D eigenvalue weighted by Crippen LogP contribution is -2.40. The van der Waals surface area contributed by atoms with Gasteiger partial charge in [-0.2, -0.15) is 0 Å². The zero-order chi connectivity index (χ0) is 15.8. The fraction of sp³-hybridized carbons (Fsp3) is 0.615. The van der Waals surface area contributed by atoms with Gasteiger partial charge in [0.25, 0.3) is 5.91 Å². The molecule has 2 rings (SSSR count). The Morgan fingerprint density at radius 3 is 2.76 bits per heavy atom. The van der Waals surface area contributed by atoms with Gasteiger partial charge in [-0.15, -0.1) is 0 Å². The summed E-state index contributed by atoms with van der Waals surface area (Å²) in [4.78, 5) is 14.3. The van der Waals surface area contributed by atoms with Crippen molar-refractivity contribution in [2.75, 3.05) is 20.2 Å². The number of amides is 1. The van der Waals surface area contributed by atoms with Crippen molar-refractivity contribution in [2.45, 2.75) is 24.3 Å². The normalized spacial score (nSPS) is 22.8. The molecule has 1 saturated heterocycles. The van der Waals surface area contributed by atoms with Gasteiger partial charge in [0.2, 0.25) is 10.0 Å². The Kier molecular flexibility index (Phi) is 4.40. The van der Waals surface area contributed by atoms with E-state index >= 15 is 0 Å². The van der Waals surface area contributed by atoms with Crippen LogP contribution in [0.5, 0.6) is 0 Å². The molecule has 1 aromatic heterocycles. The molecule has 0 aliphatic carbocycles. The van der Waals surface area contributed by atoms with Gasteiger partial charge in [0.05, 0.1) is 12.6 Å². The van der Waals surface area contributed by atoms with E-state index < -0.39 is 10.0 Å². The Bertz CT molecular complexity index is 638. The number of nitrogens with zero attached hydrogens (tertiary/aromatic N) is 2. The van der Waals surface area contributed by atoms with Crippen LogP contribution in [0.3, 0.4) is 0 Å². The van der Waals surface area contributed by atoms with Crippen LogP contribution in [0.25, 0.3) is 0 Å². The zero-order valence-corrected chi connectivity index (χ0v) is 13.2. The highest BCUT2D eigenvalue weighted by Gasteiger charge is 2.35. The largest absolute Gasteiger partial charge is 0.394 e. The van der Waals surface area contributed by atoms with Crippen LogP contribution in [0, 0.1) is 5.92 Å². The maximum absolute atomic E-state index is 12.6. The highest BCUT2D eigenvalue weighted by Crippen LogP contribution is 2.26. The van der Waals surface area contributed by atoms with E-state index in [1.54, 1.807) is 11.9 Å². The minimum absolute atomic E-state index is 0.0589. The molecule has 1 amide bonds. The van der Waals surface area contributed by atoms with Crippen molar-refractivity contribution in [1.82, 2.24) is 14.2 Å². The molecule has 1 aliphatic rings. The topological polar surface area (TPSA) is 91.6 Å². The van der Waals surface area contributed by atoms with Gasteiger partial charge in [-0.1, -0.05) is 6.92 Å². The number of nitrogens with one attached hydrogen (secondary N) is 1. The number of sulfonamides is 1. The Balaban J connectivity index is 2.33. The second-order valence-electron chi connectivity index (χ2n) is 5.39. The van der Waals surface area contributed by atoms with E-state index in [-0.39, 0.29) is 29.4 Å². The molecule has 1 fully saturated rings. The summed E-state index contributed by atoms with van der Waals surface area (Å²) in [5.41, 5.74) is 0.302. The molecule has 2 heterocycles. The van der Waals surface area contributed by atoms with Gasteiger partial charge in [0, 0.05) is 19.8 Å². The highest BCUT2D eigenvalue weighted by atomic mass is 32.2. The molecule has 0 saturated carbocycles. The summed E-state index contributed by atoms with van der Waals surface area (Å²) >= 11 is 0. The van der Waals surface area contributed by atoms with Gasteiger partial charge in [0.15, 0.2) is 0 Å². The molecule has 1 aliphatic heterocycles. The zero-order valence-electron chi connectivity index (χ0n) is 12.4. The maximum atomic E-state index is 12.6. The molecule has 2 atom stereocenters. The Hall–Kier alpha value is -1.38. The fourth-order valence-electron chi connectivity index (χ4n) is 2.70. The lowest BCUT2D eigenvalue weighted by molar-refractivity contribution is 0.0638. The molecule has 0 aromatic carbocycles. The second kappa shape index (κ2) is 5.78. The Morgan fingerprint density at radius 1 is 1.52 bits per heavy atom. The summed E-state index contributed by atoms with van der Waals surface area (Å²) in [5.74, 6) is -0.0156. The van der Waals surface area contributed by atoms with E-state index in [9.17, 15) is 18.3 Å². The monoisotopic (exact) mass is 315 g/mol. The van der Waals surface area contributed by atoms with Crippen LogP contribution in [0.2, 0.25) is 0 Å². The van der Waals surface area contributed by atoms with Crippen LogP contribution in [0.1, 0.15) is 23.8 Å². The highest BCUT2D eigenvalue weighted by molar-refractivity contribution is 7.89. The first kappa shape index (κ1) is 16.0. The minimum atomic E-state index is -3.58. The van der Waals surface area contributed by atoms with E-state index in [4.69, 9.17) is 0 Å². The van der Waals surface area contributed by atoms with Gasteiger partial charge >= 0.3 is 0 Å². The third kappa shape index (κ3) is 2.83. The number of carbonyl (C=O) groups is 1. The average molecular weight is 315 g/mol. The van der Waals surface area contributed by atoms with Gasteiger partial charge in [-0.25, -0.2) is 13.1 Å². The predicted molar refractivity (Wildman–Crippen MR) is 77.3 cm³/mol. The first-order valence-corrected chi connectivity index (χ1v) is 8.32. The fourth-order valence-corrected chi connectivity index (χ4v) is 3.50. The molecular weight excluding hydrogens is 294 g/mol. The van der Waals surface area contributed by atoms with Crippen molar-refractivity contribution in [3.05, 3.63) is 18.0 Å². The van der Waals surface area contributed by atoms with Crippen LogP contribution >= 0.6 is 0 Å². The number of aromatic nitrogens is 1. The first-order chi connectivity index (χ1) is 9.81. The van der Waals surface area contributed by atoms with Crippen LogP contribution in [0.4, 0.5) is 0 Å². The first-order valence-electron chi connectivity index (χ1n) is 6.83. The van der Waals surface area contributed by atoms with E-state index in [1.165, 1.54) is 23.9 Å². The van der Waals surface area contributed by atoms with Gasteiger partial charge in [0.1, 0.15) is 10.6 Å². The second-order valence-corrected chi connectivity index (χ2v) is 7.28. The summed E-state index contributed by atoms with van der Waals surface area (Å²) in [6.07, 6.45) is 2.25. The van der Waals surface area contributed by atoms with Crippen LogP contribution < -0.4 is 4.72 Å². The number of hydrogen-bond acceptors (Lipinski definition) is 4. The summed E-state index contributed by atoms with van der Waals surface area (Å²) in [5, 5.41) is 9.44. The predicted octanol–water partition coefficient (Wildman–Crippen LogP) is -0.224. The van der Waals surface area contributed by atoms with Crippen molar-refractivity contribution >= 4 is 15.9 Å². The van der Waals surface area contributed by atoms with Crippen LogP contribution in [-0.2, 0) is 17.1 Å². The van der Waals surface area contributed by atoms with E-state index in [2.05, 4.69) is 4.72 Å². The van der Waals surface area contributed by atoms with Crippen molar-refractivity contribution in [3.8, 4) is 0 Å². The van der Waals surface area contributed by atoms with Crippen LogP contribution in [0.15, 0.2) is 17.2 Å². The van der Waals surface area contributed by atoms with E-state index in [1.807, 2.05) is 6.92 Å². The van der Waals surface area contributed by atoms with Gasteiger partial charge in [-0.3, -0.25) is 4.79 Å². The molecular formula is C13H21N3O4S. The number of hydrogen-bond donors (Lipinski definition) is 2. The molecule has 21 heavy (non-hydrogen) atoms. The number of carbonyl (C=O) groups excluding carboxylic acids is 1. The standard InChI is InChI=1S/C13H21N3O4S/c1-9-4-5-16(12(9)8-17)13(18)11-6-10(7-15(11)3)21(19,20)14-2/h6-7,9,12,14,17H,4-5,8H2,1-3H3. The number of aliphatic hydroxyl groups excluding tert-OH is 1. The summed E-state index contributed by atoms with van der Waals surface area (Å²) in [6, 6.07) is 1.16. The molecule has 118 valence electrons. The third-order valence-corrected chi connectivity index (χ3v) is 5.49. The molecule has 2 N–H and O–H groups in total. The number of rotatable bonds is 4. The number of likely N-dealkylation sites (tertiary alicyclic amines) is 1. The van der Waals surface area contributed by atoms with E-state index in [0.29, 0.717) is 12.2 Å². The van der Waals surface area contributed by atoms with Gasteiger partial charge < -0.3 is 14.6 Å². The summed E-state index contributed by atoms with van der Waals surface area (Å²) < 4.78 is 27.3. The van der Waals surface area contributed by atoms with Crippen molar-refractivity contribution < 1.29 is 18.3 Å². The minimum Gasteiger partial charge on any atom is -0.394 e. The molecule has 2 unspecified atom stereocenters. The SMILES string of the molecule is CNS(=O)(=O)c1cc(C(=O)N2CCC(C)C2CO)n(C)c1. The molecule has 8 heteroatoms. The molecule has 0 bridgehead atoms. The van der Waals surface area contributed by atoms with Crippen molar-refractivity contribution in [3.63, 3.8) is 0 Å². The van der Waals surface area contributed by atoms with Crippen LogP contribution in [-0.4, -0.2) is 55.1 Å². The summed E-state index contributed by atoms with van der Waals surface area (Å²) in [7, 11) is -0.616. The molecule has 1 aromatic rings. The van der Waals surface area contributed by atoms with E-state index in [0.717, 1.165) is 6.42 Å². The lowest BCUT2D eigenvalue weighted by Gasteiger charge is -2.25. The lowest BCUT2D eigenvalue weighted by atomic mass is 10.0. The van der Waals surface area contributed by atoms with Crippen molar-refractivity contribution in [1.29, 1.82) is 0 Å². The van der Waals surface area contributed by atoms with Gasteiger partial charge in [-0.05, 0) is 25.5 Å². The van der Waals surface area contributed by atoms with Crippen molar-refractivity contribution in [2.24, 2.45) is 13.0 Å². The molecule has 7 nitrogen and oxygen atoms in total. The third-order valence-electron chi connectivity index (χ3n) is 4.11. The number of aryl methyl sites for hydroxylation is 1. The smallest absolute Gasteiger partial charge is 0.270 e. The number of aliphatic hydroxyl groups is 1. The Labute approximate surface area is 124 Å². The quantitative estimate of drug-likeness (QED) is 0.803. The summed E-state index contributed by atoms with van der Waals surface area (Å²) in [6.45, 7) is 2.49. The maximum Gasteiger partial charge on any atom is 0.270 e. The molecule has 0 radical (unpaired) electrons. The Morgan fingerprint density at radius 2 is 2.19 bits per heavy atom. The average Bonchev–Trinajstić information content (AvgIpc) is 3.01.